The number of carbonyl (C=O) groups excluding carboxylic acids is 2. The van der Waals surface area contributed by atoms with Crippen molar-refractivity contribution in [2.45, 2.75) is 71.0 Å². The van der Waals surface area contributed by atoms with E-state index in [9.17, 15) is 14.0 Å². The van der Waals surface area contributed by atoms with E-state index in [1.165, 1.54) is 18.6 Å². The van der Waals surface area contributed by atoms with Crippen molar-refractivity contribution in [1.29, 1.82) is 0 Å². The first kappa shape index (κ1) is 27.4. The molecule has 38 heavy (non-hydrogen) atoms. The molecule has 0 saturated heterocycles. The van der Waals surface area contributed by atoms with Gasteiger partial charge in [-0.05, 0) is 73.2 Å². The summed E-state index contributed by atoms with van der Waals surface area (Å²) >= 11 is 0. The molecule has 1 fully saturated rings. The molecule has 3 aromatic carbocycles. The predicted molar refractivity (Wildman–Crippen MR) is 147 cm³/mol. The van der Waals surface area contributed by atoms with E-state index in [1.807, 2.05) is 62.4 Å². The van der Waals surface area contributed by atoms with Gasteiger partial charge in [-0.3, -0.25) is 9.59 Å². The molecule has 2 amide bonds. The van der Waals surface area contributed by atoms with Crippen LogP contribution in [-0.4, -0.2) is 35.4 Å². The highest BCUT2D eigenvalue weighted by Crippen LogP contribution is 2.21. The molecule has 4 rings (SSSR count). The molecule has 0 unspecified atom stereocenters. The summed E-state index contributed by atoms with van der Waals surface area (Å²) in [5.41, 5.74) is 3.92. The van der Waals surface area contributed by atoms with Crippen LogP contribution in [0.5, 0.6) is 5.75 Å². The van der Waals surface area contributed by atoms with Gasteiger partial charge in [-0.15, -0.1) is 0 Å². The normalized spacial score (nSPS) is 14.5. The summed E-state index contributed by atoms with van der Waals surface area (Å²) in [7, 11) is 0. The highest BCUT2D eigenvalue weighted by molar-refractivity contribution is 5.88. The molecule has 6 heteroatoms. The summed E-state index contributed by atoms with van der Waals surface area (Å²) in [5, 5.41) is 3.22. The van der Waals surface area contributed by atoms with E-state index in [0.29, 0.717) is 12.2 Å². The Morgan fingerprint density at radius 2 is 1.63 bits per heavy atom. The van der Waals surface area contributed by atoms with E-state index in [0.717, 1.165) is 47.9 Å². The van der Waals surface area contributed by atoms with Crippen molar-refractivity contribution in [2.24, 2.45) is 0 Å². The van der Waals surface area contributed by atoms with Crippen LogP contribution in [0.1, 0.15) is 54.4 Å². The Balaban J connectivity index is 1.60. The van der Waals surface area contributed by atoms with Gasteiger partial charge in [0.15, 0.2) is 6.61 Å². The Hall–Kier alpha value is -3.67. The average molecular weight is 517 g/mol. The Morgan fingerprint density at radius 1 is 0.921 bits per heavy atom. The lowest BCUT2D eigenvalue weighted by Crippen LogP contribution is -2.53. The van der Waals surface area contributed by atoms with Crippen LogP contribution in [0, 0.1) is 19.7 Å². The lowest BCUT2D eigenvalue weighted by molar-refractivity contribution is -0.143. The van der Waals surface area contributed by atoms with Crippen LogP contribution < -0.4 is 10.1 Å². The van der Waals surface area contributed by atoms with Crippen LogP contribution in [0.4, 0.5) is 4.39 Å². The van der Waals surface area contributed by atoms with Gasteiger partial charge in [-0.2, -0.15) is 0 Å². The predicted octanol–water partition coefficient (Wildman–Crippen LogP) is 5.91. The largest absolute Gasteiger partial charge is 0.484 e. The number of ether oxygens (including phenoxy) is 1. The number of halogens is 1. The fourth-order valence-corrected chi connectivity index (χ4v) is 4.92. The maximum atomic E-state index is 13.8. The van der Waals surface area contributed by atoms with Crippen molar-refractivity contribution in [3.05, 3.63) is 101 Å². The standard InChI is InChI=1S/C32H37FN2O3/c1-23-13-18-29(19-24(23)2)38-22-31(36)35(21-26-14-16-27(33)17-15-26)30(20-25-9-5-3-6-10-25)32(37)34-28-11-7-4-8-12-28/h3,5-6,9-10,13-19,28,30H,4,7-8,11-12,20-22H2,1-2H3,(H,34,37)/t30-/m1/s1. The summed E-state index contributed by atoms with van der Waals surface area (Å²) in [6, 6.07) is 20.9. The Bertz CT molecular complexity index is 1210. The van der Waals surface area contributed by atoms with E-state index in [1.54, 1.807) is 17.0 Å². The quantitative estimate of drug-likeness (QED) is 0.364. The van der Waals surface area contributed by atoms with E-state index in [2.05, 4.69) is 5.32 Å². The minimum Gasteiger partial charge on any atom is -0.484 e. The van der Waals surface area contributed by atoms with E-state index in [4.69, 9.17) is 4.74 Å². The molecular weight excluding hydrogens is 479 g/mol. The molecule has 0 heterocycles. The van der Waals surface area contributed by atoms with Gasteiger partial charge in [-0.25, -0.2) is 4.39 Å². The molecule has 3 aromatic rings. The Labute approximate surface area is 225 Å². The lowest BCUT2D eigenvalue weighted by atomic mass is 9.94. The van der Waals surface area contributed by atoms with Gasteiger partial charge in [-0.1, -0.05) is 67.8 Å². The van der Waals surface area contributed by atoms with Gasteiger partial charge in [0.05, 0.1) is 0 Å². The molecule has 200 valence electrons. The summed E-state index contributed by atoms with van der Waals surface area (Å²) in [6.45, 7) is 3.99. The summed E-state index contributed by atoms with van der Waals surface area (Å²) < 4.78 is 19.5. The zero-order valence-corrected chi connectivity index (χ0v) is 22.3. The van der Waals surface area contributed by atoms with Crippen molar-refractivity contribution in [1.82, 2.24) is 10.2 Å². The highest BCUT2D eigenvalue weighted by atomic mass is 19.1. The topological polar surface area (TPSA) is 58.6 Å². The first-order valence-corrected chi connectivity index (χ1v) is 13.5. The summed E-state index contributed by atoms with van der Waals surface area (Å²) in [5.74, 6) is -0.204. The zero-order chi connectivity index (χ0) is 26.9. The summed E-state index contributed by atoms with van der Waals surface area (Å²) in [6.07, 6.45) is 5.64. The summed E-state index contributed by atoms with van der Waals surface area (Å²) in [4.78, 5) is 29.1. The molecule has 1 N–H and O–H groups in total. The number of nitrogens with zero attached hydrogens (tertiary/aromatic N) is 1. The lowest BCUT2D eigenvalue weighted by Gasteiger charge is -2.33. The average Bonchev–Trinajstić information content (AvgIpc) is 2.93. The van der Waals surface area contributed by atoms with Gasteiger partial charge >= 0.3 is 0 Å². The second-order valence-corrected chi connectivity index (χ2v) is 10.2. The molecule has 0 bridgehead atoms. The molecule has 0 radical (unpaired) electrons. The van der Waals surface area contributed by atoms with Gasteiger partial charge in [0.1, 0.15) is 17.6 Å². The van der Waals surface area contributed by atoms with Gasteiger partial charge < -0.3 is 15.0 Å². The molecule has 1 saturated carbocycles. The van der Waals surface area contributed by atoms with Crippen molar-refractivity contribution in [3.63, 3.8) is 0 Å². The molecule has 0 spiro atoms. The minimum atomic E-state index is -0.736. The second-order valence-electron chi connectivity index (χ2n) is 10.2. The van der Waals surface area contributed by atoms with Crippen LogP contribution in [0.15, 0.2) is 72.8 Å². The minimum absolute atomic E-state index is 0.115. The number of amides is 2. The van der Waals surface area contributed by atoms with Gasteiger partial charge in [0, 0.05) is 19.0 Å². The number of hydrogen-bond donors (Lipinski definition) is 1. The monoisotopic (exact) mass is 516 g/mol. The number of benzene rings is 3. The zero-order valence-electron chi connectivity index (χ0n) is 22.3. The SMILES string of the molecule is Cc1ccc(OCC(=O)N(Cc2ccc(F)cc2)[C@H](Cc2ccccc2)C(=O)NC2CCCCC2)cc1C. The van der Waals surface area contributed by atoms with Crippen molar-refractivity contribution in [2.75, 3.05) is 6.61 Å². The first-order valence-electron chi connectivity index (χ1n) is 13.5. The number of hydrogen-bond acceptors (Lipinski definition) is 3. The number of nitrogens with one attached hydrogen (secondary N) is 1. The highest BCUT2D eigenvalue weighted by Gasteiger charge is 2.32. The van der Waals surface area contributed by atoms with Crippen LogP contribution in [0.2, 0.25) is 0 Å². The third-order valence-corrected chi connectivity index (χ3v) is 7.33. The molecule has 0 aliphatic heterocycles. The number of carbonyl (C=O) groups is 2. The van der Waals surface area contributed by atoms with Crippen LogP contribution in [0.25, 0.3) is 0 Å². The Morgan fingerprint density at radius 3 is 2.32 bits per heavy atom. The molecule has 1 aliphatic rings. The van der Waals surface area contributed by atoms with E-state index in [-0.39, 0.29) is 36.8 Å². The molecule has 0 aromatic heterocycles. The van der Waals surface area contributed by atoms with Gasteiger partial charge in [0.25, 0.3) is 5.91 Å². The third kappa shape index (κ3) is 7.67. The van der Waals surface area contributed by atoms with Crippen molar-refractivity contribution >= 4 is 11.8 Å². The Kier molecular flexibility index (Phi) is 9.52. The molecule has 1 atom stereocenters. The molecule has 1 aliphatic carbocycles. The first-order chi connectivity index (χ1) is 18.4. The fraction of sp³-hybridized carbons (Fsp3) is 0.375. The van der Waals surface area contributed by atoms with Crippen LogP contribution in [-0.2, 0) is 22.6 Å². The van der Waals surface area contributed by atoms with Crippen molar-refractivity contribution < 1.29 is 18.7 Å². The molecular formula is C32H37FN2O3. The number of aryl methyl sites for hydroxylation is 2. The second kappa shape index (κ2) is 13.2. The third-order valence-electron chi connectivity index (χ3n) is 7.33. The van der Waals surface area contributed by atoms with Crippen molar-refractivity contribution in [3.8, 4) is 5.75 Å². The van der Waals surface area contributed by atoms with E-state index < -0.39 is 6.04 Å². The maximum Gasteiger partial charge on any atom is 0.261 e. The number of rotatable bonds is 10. The molecule has 5 nitrogen and oxygen atoms in total. The van der Waals surface area contributed by atoms with E-state index >= 15 is 0 Å². The smallest absolute Gasteiger partial charge is 0.261 e. The maximum absolute atomic E-state index is 13.8. The van der Waals surface area contributed by atoms with Crippen LogP contribution >= 0.6 is 0 Å². The van der Waals surface area contributed by atoms with Crippen LogP contribution in [0.3, 0.4) is 0 Å². The van der Waals surface area contributed by atoms with Gasteiger partial charge in [0.2, 0.25) is 5.91 Å². The fourth-order valence-electron chi connectivity index (χ4n) is 4.92.